The molecule has 0 atom stereocenters. The highest BCUT2D eigenvalue weighted by molar-refractivity contribution is 5.78. The molecule has 0 aliphatic heterocycles. The second-order valence-corrected chi connectivity index (χ2v) is 6.69. The smallest absolute Gasteiger partial charge is 0.159 e. The third kappa shape index (κ3) is 3.78. The van der Waals surface area contributed by atoms with Gasteiger partial charge in [-0.25, -0.2) is 9.97 Å². The Morgan fingerprint density at radius 3 is 2.46 bits per heavy atom. The van der Waals surface area contributed by atoms with Crippen LogP contribution < -0.4 is 16.4 Å². The van der Waals surface area contributed by atoms with Crippen LogP contribution in [0.15, 0.2) is 24.5 Å². The third-order valence-electron chi connectivity index (χ3n) is 4.94. The van der Waals surface area contributed by atoms with E-state index in [0.29, 0.717) is 17.5 Å². The van der Waals surface area contributed by atoms with Gasteiger partial charge in [-0.1, -0.05) is 37.8 Å². The highest BCUT2D eigenvalue weighted by atomic mass is 15.1. The summed E-state index contributed by atoms with van der Waals surface area (Å²) in [5.41, 5.74) is 10.4. The number of rotatable bonds is 4. The lowest BCUT2D eigenvalue weighted by Gasteiger charge is -2.19. The Morgan fingerprint density at radius 2 is 1.71 bits per heavy atom. The third-order valence-corrected chi connectivity index (χ3v) is 4.94. The van der Waals surface area contributed by atoms with Crippen molar-refractivity contribution in [2.24, 2.45) is 0 Å². The first-order valence-corrected chi connectivity index (χ1v) is 8.85. The Kier molecular flexibility index (Phi) is 5.18. The zero-order chi connectivity index (χ0) is 16.9. The molecule has 2 aromatic rings. The van der Waals surface area contributed by atoms with E-state index in [4.69, 9.17) is 5.73 Å². The first kappa shape index (κ1) is 16.6. The Bertz CT molecular complexity index is 690. The molecule has 0 amide bonds. The van der Waals surface area contributed by atoms with E-state index in [0.717, 1.165) is 11.5 Å². The molecule has 5 nitrogen and oxygen atoms in total. The maximum Gasteiger partial charge on any atom is 0.159 e. The van der Waals surface area contributed by atoms with Gasteiger partial charge < -0.3 is 16.4 Å². The first-order chi connectivity index (χ1) is 11.6. The molecule has 24 heavy (non-hydrogen) atoms. The number of nitrogens with one attached hydrogen (secondary N) is 2. The summed E-state index contributed by atoms with van der Waals surface area (Å²) < 4.78 is 0. The van der Waals surface area contributed by atoms with Crippen molar-refractivity contribution >= 4 is 23.0 Å². The fraction of sp³-hybridized carbons (Fsp3) is 0.474. The van der Waals surface area contributed by atoms with Crippen molar-refractivity contribution in [2.45, 2.75) is 58.4 Å². The summed E-state index contributed by atoms with van der Waals surface area (Å²) >= 11 is 0. The van der Waals surface area contributed by atoms with Crippen molar-refractivity contribution in [2.75, 3.05) is 16.4 Å². The van der Waals surface area contributed by atoms with Gasteiger partial charge in [0.1, 0.15) is 12.0 Å². The fourth-order valence-corrected chi connectivity index (χ4v) is 3.24. The number of benzene rings is 1. The number of aromatic nitrogens is 2. The second kappa shape index (κ2) is 7.51. The lowest BCUT2D eigenvalue weighted by molar-refractivity contribution is 0.618. The summed E-state index contributed by atoms with van der Waals surface area (Å²) in [6.07, 6.45) is 9.15. The Morgan fingerprint density at radius 1 is 1.00 bits per heavy atom. The normalized spacial score (nSPS) is 15.8. The lowest BCUT2D eigenvalue weighted by Crippen LogP contribution is -2.20. The topological polar surface area (TPSA) is 75.9 Å². The van der Waals surface area contributed by atoms with Crippen LogP contribution in [0.5, 0.6) is 0 Å². The van der Waals surface area contributed by atoms with E-state index in [1.165, 1.54) is 49.7 Å². The van der Waals surface area contributed by atoms with Crippen LogP contribution in [0.1, 0.15) is 49.7 Å². The lowest BCUT2D eigenvalue weighted by atomic mass is 10.1. The van der Waals surface area contributed by atoms with E-state index in [-0.39, 0.29) is 0 Å². The molecular formula is C19H27N5. The van der Waals surface area contributed by atoms with Crippen LogP contribution in [0.2, 0.25) is 0 Å². The zero-order valence-corrected chi connectivity index (χ0v) is 14.6. The fourth-order valence-electron chi connectivity index (χ4n) is 3.24. The van der Waals surface area contributed by atoms with Gasteiger partial charge >= 0.3 is 0 Å². The molecule has 0 radical (unpaired) electrons. The number of nitrogens with two attached hydrogens (primary N) is 1. The Balaban J connectivity index is 1.78. The number of nitrogens with zero attached hydrogens (tertiary/aromatic N) is 2. The minimum absolute atomic E-state index is 0.457. The van der Waals surface area contributed by atoms with Crippen LogP contribution in [-0.2, 0) is 0 Å². The van der Waals surface area contributed by atoms with Gasteiger partial charge in [0.2, 0.25) is 0 Å². The molecule has 0 bridgehead atoms. The molecule has 1 aliphatic carbocycles. The zero-order valence-electron chi connectivity index (χ0n) is 14.6. The second-order valence-electron chi connectivity index (χ2n) is 6.69. The number of nitrogen functional groups attached to an aromatic ring is 1. The maximum atomic E-state index is 6.33. The van der Waals surface area contributed by atoms with Crippen molar-refractivity contribution in [3.05, 3.63) is 35.7 Å². The average molecular weight is 325 g/mol. The summed E-state index contributed by atoms with van der Waals surface area (Å²) in [5, 5.41) is 6.88. The predicted molar refractivity (Wildman–Crippen MR) is 101 cm³/mol. The van der Waals surface area contributed by atoms with Crippen LogP contribution >= 0.6 is 0 Å². The molecule has 1 aromatic carbocycles. The Hall–Kier alpha value is -2.30. The van der Waals surface area contributed by atoms with Crippen LogP contribution in [-0.4, -0.2) is 16.0 Å². The van der Waals surface area contributed by atoms with Gasteiger partial charge in [0.15, 0.2) is 11.6 Å². The van der Waals surface area contributed by atoms with E-state index >= 15 is 0 Å². The van der Waals surface area contributed by atoms with Crippen molar-refractivity contribution in [3.63, 3.8) is 0 Å². The van der Waals surface area contributed by atoms with Gasteiger partial charge in [0.25, 0.3) is 0 Å². The van der Waals surface area contributed by atoms with E-state index in [1.54, 1.807) is 6.33 Å². The maximum absolute atomic E-state index is 6.33. The van der Waals surface area contributed by atoms with Gasteiger partial charge in [-0.2, -0.15) is 0 Å². The van der Waals surface area contributed by atoms with Gasteiger partial charge in [-0.3, -0.25) is 0 Å². The molecule has 1 saturated carbocycles. The number of hydrogen-bond donors (Lipinski definition) is 3. The quantitative estimate of drug-likeness (QED) is 0.719. The van der Waals surface area contributed by atoms with E-state index in [1.807, 2.05) is 12.1 Å². The van der Waals surface area contributed by atoms with E-state index in [9.17, 15) is 0 Å². The van der Waals surface area contributed by atoms with Gasteiger partial charge in [0.05, 0.1) is 0 Å². The van der Waals surface area contributed by atoms with Gasteiger partial charge in [-0.15, -0.1) is 0 Å². The van der Waals surface area contributed by atoms with Crippen molar-refractivity contribution in [1.29, 1.82) is 0 Å². The minimum atomic E-state index is 0.457. The molecule has 1 aromatic heterocycles. The molecule has 0 saturated heterocycles. The molecule has 4 N–H and O–H groups in total. The van der Waals surface area contributed by atoms with Gasteiger partial charge in [0, 0.05) is 11.7 Å². The minimum Gasteiger partial charge on any atom is -0.393 e. The largest absolute Gasteiger partial charge is 0.393 e. The average Bonchev–Trinajstić information content (AvgIpc) is 2.84. The molecule has 5 heteroatoms. The molecule has 1 fully saturated rings. The number of anilines is 4. The van der Waals surface area contributed by atoms with Crippen LogP contribution in [0, 0.1) is 13.8 Å². The van der Waals surface area contributed by atoms with Gasteiger partial charge in [-0.05, 0) is 43.9 Å². The monoisotopic (exact) mass is 325 g/mol. The van der Waals surface area contributed by atoms with E-state index in [2.05, 4.69) is 40.5 Å². The molecule has 0 spiro atoms. The summed E-state index contributed by atoms with van der Waals surface area (Å²) in [5.74, 6) is 1.40. The molecule has 1 aliphatic rings. The van der Waals surface area contributed by atoms with Crippen molar-refractivity contribution in [3.8, 4) is 0 Å². The van der Waals surface area contributed by atoms with E-state index < -0.39 is 0 Å². The standard InChI is InChI=1S/C19H27N5/c1-13-8-7-11-16(14(13)2)24-19-17(20)18(21-12-22-19)23-15-9-5-3-4-6-10-15/h7-8,11-12,15H,3-6,9-10,20H2,1-2H3,(H2,21,22,23,24). The first-order valence-electron chi connectivity index (χ1n) is 8.85. The summed E-state index contributed by atoms with van der Waals surface area (Å²) in [6.45, 7) is 4.20. The highest BCUT2D eigenvalue weighted by Crippen LogP contribution is 2.30. The molecule has 3 rings (SSSR count). The Labute approximate surface area is 144 Å². The summed E-state index contributed by atoms with van der Waals surface area (Å²) in [6, 6.07) is 6.64. The van der Waals surface area contributed by atoms with Crippen LogP contribution in [0.3, 0.4) is 0 Å². The highest BCUT2D eigenvalue weighted by Gasteiger charge is 2.16. The molecule has 0 unspecified atom stereocenters. The van der Waals surface area contributed by atoms with Crippen LogP contribution in [0.25, 0.3) is 0 Å². The summed E-state index contributed by atoms with van der Waals surface area (Å²) in [7, 11) is 0. The number of hydrogen-bond acceptors (Lipinski definition) is 5. The van der Waals surface area contributed by atoms with Crippen molar-refractivity contribution in [1.82, 2.24) is 9.97 Å². The molecule has 1 heterocycles. The number of aryl methyl sites for hydroxylation is 1. The molecular weight excluding hydrogens is 298 g/mol. The SMILES string of the molecule is Cc1cccc(Nc2ncnc(NC3CCCCCC3)c2N)c1C. The summed E-state index contributed by atoms with van der Waals surface area (Å²) in [4.78, 5) is 8.69. The van der Waals surface area contributed by atoms with Crippen molar-refractivity contribution < 1.29 is 0 Å². The van der Waals surface area contributed by atoms with Crippen LogP contribution in [0.4, 0.5) is 23.0 Å². The molecule has 128 valence electrons. The predicted octanol–water partition coefficient (Wildman–Crippen LogP) is 4.55.